The maximum absolute atomic E-state index is 12.7. The van der Waals surface area contributed by atoms with Gasteiger partial charge in [-0.3, -0.25) is 14.7 Å². The second-order valence-electron chi connectivity index (χ2n) is 4.74. The molecule has 0 fully saturated rings. The second-order valence-corrected chi connectivity index (χ2v) is 6.39. The molecule has 0 aliphatic carbocycles. The van der Waals surface area contributed by atoms with E-state index in [-0.39, 0.29) is 4.90 Å². The van der Waals surface area contributed by atoms with Crippen LogP contribution in [0, 0.1) is 0 Å². The number of ether oxygens (including phenoxy) is 1. The summed E-state index contributed by atoms with van der Waals surface area (Å²) in [5.41, 5.74) is 0.918. The summed E-state index contributed by atoms with van der Waals surface area (Å²) in [6.07, 6.45) is 4.64. The van der Waals surface area contributed by atoms with Crippen molar-refractivity contribution in [2.75, 3.05) is 11.3 Å². The lowest BCUT2D eigenvalue weighted by atomic mass is 10.2. The molecule has 0 saturated carbocycles. The van der Waals surface area contributed by atoms with Gasteiger partial charge in [0.1, 0.15) is 11.3 Å². The first-order valence-electron chi connectivity index (χ1n) is 7.05. The fourth-order valence-corrected chi connectivity index (χ4v) is 3.50. The summed E-state index contributed by atoms with van der Waals surface area (Å²) in [5, 5.41) is 0.509. The highest BCUT2D eigenvalue weighted by Gasteiger charge is 2.19. The van der Waals surface area contributed by atoms with Crippen molar-refractivity contribution in [1.29, 1.82) is 0 Å². The van der Waals surface area contributed by atoms with Gasteiger partial charge in [-0.05, 0) is 43.3 Å². The van der Waals surface area contributed by atoms with Gasteiger partial charge < -0.3 is 4.74 Å². The van der Waals surface area contributed by atoms with Crippen molar-refractivity contribution in [3.8, 4) is 5.75 Å². The first-order valence-corrected chi connectivity index (χ1v) is 8.53. The molecule has 3 aromatic rings. The summed E-state index contributed by atoms with van der Waals surface area (Å²) >= 11 is 0. The number of hydrogen-bond donors (Lipinski definition) is 1. The average molecular weight is 329 g/mol. The number of nitrogens with zero attached hydrogens (tertiary/aromatic N) is 2. The van der Waals surface area contributed by atoms with Crippen LogP contribution < -0.4 is 9.46 Å². The maximum Gasteiger partial charge on any atom is 0.262 e. The minimum Gasteiger partial charge on any atom is -0.492 e. The predicted molar refractivity (Wildman–Crippen MR) is 88.0 cm³/mol. The van der Waals surface area contributed by atoms with Crippen LogP contribution in [0.4, 0.5) is 5.69 Å². The molecule has 0 saturated heterocycles. The minimum absolute atomic E-state index is 0.146. The van der Waals surface area contributed by atoms with Crippen molar-refractivity contribution in [2.24, 2.45) is 0 Å². The van der Waals surface area contributed by atoms with Crippen molar-refractivity contribution < 1.29 is 13.2 Å². The van der Waals surface area contributed by atoms with Gasteiger partial charge in [0.15, 0.2) is 0 Å². The molecule has 0 spiro atoms. The highest BCUT2D eigenvalue weighted by molar-refractivity contribution is 7.93. The van der Waals surface area contributed by atoms with E-state index in [1.54, 1.807) is 42.7 Å². The van der Waals surface area contributed by atoms with Crippen LogP contribution in [-0.2, 0) is 10.0 Å². The van der Waals surface area contributed by atoms with E-state index in [0.29, 0.717) is 28.9 Å². The van der Waals surface area contributed by atoms with Crippen LogP contribution in [-0.4, -0.2) is 25.0 Å². The number of hydrogen-bond acceptors (Lipinski definition) is 5. The zero-order valence-electron chi connectivity index (χ0n) is 12.4. The number of rotatable bonds is 5. The van der Waals surface area contributed by atoms with Gasteiger partial charge in [-0.15, -0.1) is 0 Å². The third-order valence-corrected chi connectivity index (χ3v) is 4.64. The van der Waals surface area contributed by atoms with E-state index in [1.807, 2.05) is 6.92 Å². The standard InChI is InChI=1S/C16H15N3O3S/c1-2-22-14-7-8-15(13-6-4-10-18-16(13)14)23(20,21)19-12-5-3-9-17-11-12/h3-11,19H,2H2,1H3. The van der Waals surface area contributed by atoms with Crippen LogP contribution in [0.1, 0.15) is 6.92 Å². The molecule has 0 atom stereocenters. The first-order chi connectivity index (χ1) is 11.1. The zero-order valence-corrected chi connectivity index (χ0v) is 13.2. The van der Waals surface area contributed by atoms with Crippen LogP contribution >= 0.6 is 0 Å². The maximum atomic E-state index is 12.7. The van der Waals surface area contributed by atoms with Crippen molar-refractivity contribution in [3.63, 3.8) is 0 Å². The van der Waals surface area contributed by atoms with Crippen LogP contribution in [0.25, 0.3) is 10.9 Å². The van der Waals surface area contributed by atoms with Crippen LogP contribution in [0.5, 0.6) is 5.75 Å². The van der Waals surface area contributed by atoms with E-state index in [2.05, 4.69) is 14.7 Å². The molecule has 2 heterocycles. The highest BCUT2D eigenvalue weighted by Crippen LogP contribution is 2.30. The monoisotopic (exact) mass is 329 g/mol. The Labute approximate surface area is 134 Å². The summed E-state index contributed by atoms with van der Waals surface area (Å²) in [7, 11) is -3.76. The van der Waals surface area contributed by atoms with Crippen molar-refractivity contribution in [1.82, 2.24) is 9.97 Å². The van der Waals surface area contributed by atoms with Gasteiger partial charge in [-0.25, -0.2) is 8.42 Å². The Morgan fingerprint density at radius 3 is 2.70 bits per heavy atom. The molecule has 0 radical (unpaired) electrons. The highest BCUT2D eigenvalue weighted by atomic mass is 32.2. The fourth-order valence-electron chi connectivity index (χ4n) is 2.26. The smallest absolute Gasteiger partial charge is 0.262 e. The molecule has 6 nitrogen and oxygen atoms in total. The van der Waals surface area contributed by atoms with Gasteiger partial charge in [0, 0.05) is 17.8 Å². The van der Waals surface area contributed by atoms with E-state index in [1.165, 1.54) is 12.3 Å². The molecule has 0 unspecified atom stereocenters. The molecule has 3 rings (SSSR count). The van der Waals surface area contributed by atoms with Gasteiger partial charge in [0.05, 0.1) is 23.4 Å². The Morgan fingerprint density at radius 1 is 1.13 bits per heavy atom. The summed E-state index contributed by atoms with van der Waals surface area (Å²) in [6.45, 7) is 2.34. The van der Waals surface area contributed by atoms with Gasteiger partial charge in [-0.2, -0.15) is 0 Å². The van der Waals surface area contributed by atoms with Gasteiger partial charge in [0.2, 0.25) is 0 Å². The number of aromatic nitrogens is 2. The SMILES string of the molecule is CCOc1ccc(S(=O)(=O)Nc2cccnc2)c2cccnc12. The molecule has 1 aromatic carbocycles. The lowest BCUT2D eigenvalue weighted by Crippen LogP contribution is -2.13. The van der Waals surface area contributed by atoms with Crippen LogP contribution in [0.3, 0.4) is 0 Å². The van der Waals surface area contributed by atoms with E-state index in [4.69, 9.17) is 4.74 Å². The Hall–Kier alpha value is -2.67. The molecule has 2 aromatic heterocycles. The fraction of sp³-hybridized carbons (Fsp3) is 0.125. The molecule has 0 aliphatic heterocycles. The topological polar surface area (TPSA) is 81.2 Å². The number of fused-ring (bicyclic) bond motifs is 1. The Morgan fingerprint density at radius 2 is 1.96 bits per heavy atom. The third kappa shape index (κ3) is 3.09. The molecule has 0 amide bonds. The zero-order chi connectivity index (χ0) is 16.3. The number of benzene rings is 1. The van der Waals surface area contributed by atoms with E-state index in [9.17, 15) is 8.42 Å². The minimum atomic E-state index is -3.76. The molecule has 0 aliphatic rings. The van der Waals surface area contributed by atoms with Crippen molar-refractivity contribution in [2.45, 2.75) is 11.8 Å². The lowest BCUT2D eigenvalue weighted by molar-refractivity contribution is 0.343. The van der Waals surface area contributed by atoms with Crippen LogP contribution in [0.15, 0.2) is 59.9 Å². The van der Waals surface area contributed by atoms with Gasteiger partial charge in [0.25, 0.3) is 10.0 Å². The second kappa shape index (κ2) is 6.21. The number of nitrogens with one attached hydrogen (secondary N) is 1. The number of sulfonamides is 1. The quantitative estimate of drug-likeness (QED) is 0.778. The third-order valence-electron chi connectivity index (χ3n) is 3.20. The predicted octanol–water partition coefficient (Wildman–Crippen LogP) is 2.83. The number of pyridine rings is 2. The summed E-state index contributed by atoms with van der Waals surface area (Å²) in [5.74, 6) is 0.559. The first kappa shape index (κ1) is 15.2. The van der Waals surface area contributed by atoms with Crippen molar-refractivity contribution >= 4 is 26.6 Å². The number of anilines is 1. The Bertz CT molecular complexity index is 928. The summed E-state index contributed by atoms with van der Waals surface area (Å²) < 4.78 is 33.4. The Balaban J connectivity index is 2.11. The molecule has 118 valence electrons. The van der Waals surface area contributed by atoms with Gasteiger partial charge in [-0.1, -0.05) is 0 Å². The molecular formula is C16H15N3O3S. The average Bonchev–Trinajstić information content (AvgIpc) is 2.56. The van der Waals surface area contributed by atoms with E-state index >= 15 is 0 Å². The van der Waals surface area contributed by atoms with E-state index < -0.39 is 10.0 Å². The van der Waals surface area contributed by atoms with Crippen molar-refractivity contribution in [3.05, 3.63) is 55.0 Å². The molecule has 0 bridgehead atoms. The van der Waals surface area contributed by atoms with E-state index in [0.717, 1.165) is 0 Å². The van der Waals surface area contributed by atoms with Crippen LogP contribution in [0.2, 0.25) is 0 Å². The van der Waals surface area contributed by atoms with Gasteiger partial charge >= 0.3 is 0 Å². The lowest BCUT2D eigenvalue weighted by Gasteiger charge is -2.12. The largest absolute Gasteiger partial charge is 0.492 e. The molecule has 1 N–H and O–H groups in total. The summed E-state index contributed by atoms with van der Waals surface area (Å²) in [4.78, 5) is 8.30. The molecule has 7 heteroatoms. The molecular weight excluding hydrogens is 314 g/mol. The Kier molecular flexibility index (Phi) is 4.12. The molecule has 23 heavy (non-hydrogen) atoms. The summed E-state index contributed by atoms with van der Waals surface area (Å²) in [6, 6.07) is 9.85. The normalized spacial score (nSPS) is 11.3.